The van der Waals surface area contributed by atoms with Crippen LogP contribution in [0.25, 0.3) is 4.96 Å². The molecular formula is C12H19N5OS. The molecule has 6 nitrogen and oxygen atoms in total. The lowest BCUT2D eigenvalue weighted by Crippen LogP contribution is -2.28. The van der Waals surface area contributed by atoms with E-state index in [0.717, 1.165) is 41.8 Å². The minimum Gasteiger partial charge on any atom is -0.381 e. The van der Waals surface area contributed by atoms with Crippen molar-refractivity contribution in [2.75, 3.05) is 19.8 Å². The number of fused-ring (bicyclic) bond motifs is 1. The Bertz CT molecular complexity index is 570. The molecule has 3 heterocycles. The number of nitrogens with two attached hydrogens (primary N) is 1. The lowest BCUT2D eigenvalue weighted by Gasteiger charge is -2.20. The molecule has 2 N–H and O–H groups in total. The molecule has 0 amide bonds. The standard InChI is InChI=1S/C12H19N5OS/c1-12(2,7-13)10-16-17-9(14-15-11(17)19-10)8-3-5-18-6-4-8/h8H,3-7,13H2,1-2H3. The smallest absolute Gasteiger partial charge is 0.234 e. The number of aromatic nitrogens is 4. The van der Waals surface area contributed by atoms with Gasteiger partial charge >= 0.3 is 0 Å². The van der Waals surface area contributed by atoms with E-state index in [2.05, 4.69) is 29.1 Å². The van der Waals surface area contributed by atoms with Crippen molar-refractivity contribution in [3.05, 3.63) is 10.8 Å². The van der Waals surface area contributed by atoms with Crippen LogP contribution in [0, 0.1) is 0 Å². The quantitative estimate of drug-likeness (QED) is 0.918. The molecular weight excluding hydrogens is 262 g/mol. The lowest BCUT2D eigenvalue weighted by atomic mass is 9.95. The van der Waals surface area contributed by atoms with Crippen LogP contribution in [0.15, 0.2) is 0 Å². The largest absolute Gasteiger partial charge is 0.381 e. The summed E-state index contributed by atoms with van der Waals surface area (Å²) >= 11 is 1.58. The van der Waals surface area contributed by atoms with Gasteiger partial charge in [-0.2, -0.15) is 9.61 Å². The van der Waals surface area contributed by atoms with E-state index < -0.39 is 0 Å². The first-order chi connectivity index (χ1) is 9.12. The third-order valence-electron chi connectivity index (χ3n) is 3.69. The second-order valence-electron chi connectivity index (χ2n) is 5.63. The van der Waals surface area contributed by atoms with Crippen molar-refractivity contribution in [1.29, 1.82) is 0 Å². The van der Waals surface area contributed by atoms with E-state index >= 15 is 0 Å². The number of ether oxygens (including phenoxy) is 1. The molecule has 0 spiro atoms. The molecule has 7 heteroatoms. The van der Waals surface area contributed by atoms with Gasteiger partial charge in [-0.3, -0.25) is 0 Å². The molecule has 104 valence electrons. The number of hydrogen-bond donors (Lipinski definition) is 1. The average molecular weight is 281 g/mol. The summed E-state index contributed by atoms with van der Waals surface area (Å²) in [5.41, 5.74) is 5.70. The van der Waals surface area contributed by atoms with Gasteiger partial charge in [-0.25, -0.2) is 0 Å². The van der Waals surface area contributed by atoms with E-state index in [9.17, 15) is 0 Å². The van der Waals surface area contributed by atoms with Crippen molar-refractivity contribution < 1.29 is 4.74 Å². The fourth-order valence-electron chi connectivity index (χ4n) is 2.20. The van der Waals surface area contributed by atoms with Crippen molar-refractivity contribution in [2.45, 2.75) is 38.0 Å². The van der Waals surface area contributed by atoms with Gasteiger partial charge in [0.15, 0.2) is 5.82 Å². The van der Waals surface area contributed by atoms with E-state index in [1.807, 2.05) is 4.52 Å². The van der Waals surface area contributed by atoms with Crippen molar-refractivity contribution in [2.24, 2.45) is 5.73 Å². The molecule has 0 unspecified atom stereocenters. The Morgan fingerprint density at radius 3 is 2.79 bits per heavy atom. The summed E-state index contributed by atoms with van der Waals surface area (Å²) in [6.07, 6.45) is 1.99. The summed E-state index contributed by atoms with van der Waals surface area (Å²) in [6, 6.07) is 0. The molecule has 3 rings (SSSR count). The Hall–Kier alpha value is -1.05. The van der Waals surface area contributed by atoms with Crippen molar-refractivity contribution >= 4 is 16.3 Å². The Kier molecular flexibility index (Phi) is 3.28. The van der Waals surface area contributed by atoms with Gasteiger partial charge in [0.25, 0.3) is 0 Å². The van der Waals surface area contributed by atoms with Crippen molar-refractivity contribution in [3.63, 3.8) is 0 Å². The summed E-state index contributed by atoms with van der Waals surface area (Å²) in [5, 5.41) is 14.3. The second kappa shape index (κ2) is 4.81. The molecule has 1 fully saturated rings. The predicted molar refractivity (Wildman–Crippen MR) is 73.5 cm³/mol. The van der Waals surface area contributed by atoms with Gasteiger partial charge in [-0.15, -0.1) is 10.2 Å². The molecule has 0 radical (unpaired) electrons. The fourth-order valence-corrected chi connectivity index (χ4v) is 3.16. The minimum atomic E-state index is -0.113. The maximum atomic E-state index is 5.81. The van der Waals surface area contributed by atoms with Crippen molar-refractivity contribution in [1.82, 2.24) is 19.8 Å². The van der Waals surface area contributed by atoms with Crippen LogP contribution in [0.1, 0.15) is 43.4 Å². The highest BCUT2D eigenvalue weighted by Gasteiger charge is 2.27. The van der Waals surface area contributed by atoms with Crippen LogP contribution in [0.3, 0.4) is 0 Å². The van der Waals surface area contributed by atoms with E-state index in [1.54, 1.807) is 11.3 Å². The molecule has 2 aromatic rings. The van der Waals surface area contributed by atoms with Crippen LogP contribution < -0.4 is 5.73 Å². The predicted octanol–water partition coefficient (Wildman–Crippen LogP) is 1.32. The molecule has 1 aliphatic rings. The first-order valence-corrected chi connectivity index (χ1v) is 7.44. The Morgan fingerprint density at radius 2 is 2.11 bits per heavy atom. The monoisotopic (exact) mass is 281 g/mol. The number of rotatable bonds is 3. The van der Waals surface area contributed by atoms with Crippen LogP contribution >= 0.6 is 11.3 Å². The topological polar surface area (TPSA) is 78.3 Å². The van der Waals surface area contributed by atoms with Crippen molar-refractivity contribution in [3.8, 4) is 0 Å². The molecule has 0 atom stereocenters. The number of hydrogen-bond acceptors (Lipinski definition) is 6. The van der Waals surface area contributed by atoms with E-state index in [-0.39, 0.29) is 5.41 Å². The highest BCUT2D eigenvalue weighted by molar-refractivity contribution is 7.16. The van der Waals surface area contributed by atoms with Gasteiger partial charge in [0.05, 0.1) is 0 Å². The van der Waals surface area contributed by atoms with Gasteiger partial charge < -0.3 is 10.5 Å². The summed E-state index contributed by atoms with van der Waals surface area (Å²) < 4.78 is 7.29. The van der Waals surface area contributed by atoms with E-state index in [0.29, 0.717) is 12.5 Å². The molecule has 0 saturated carbocycles. The summed E-state index contributed by atoms with van der Waals surface area (Å²) in [7, 11) is 0. The lowest BCUT2D eigenvalue weighted by molar-refractivity contribution is 0.0831. The van der Waals surface area contributed by atoms with Crippen LogP contribution in [0.4, 0.5) is 0 Å². The molecule has 2 aromatic heterocycles. The average Bonchev–Trinajstić information content (AvgIpc) is 2.99. The Balaban J connectivity index is 1.98. The first-order valence-electron chi connectivity index (χ1n) is 6.62. The van der Waals surface area contributed by atoms with Crippen LogP contribution in [0.5, 0.6) is 0 Å². The summed E-state index contributed by atoms with van der Waals surface area (Å²) in [5.74, 6) is 1.37. The van der Waals surface area contributed by atoms with Gasteiger partial charge in [0.1, 0.15) is 5.01 Å². The van der Waals surface area contributed by atoms with E-state index in [1.165, 1.54) is 0 Å². The molecule has 0 aliphatic carbocycles. The zero-order valence-electron chi connectivity index (χ0n) is 11.3. The van der Waals surface area contributed by atoms with E-state index in [4.69, 9.17) is 10.5 Å². The SMILES string of the molecule is CC(C)(CN)c1nn2c(C3CCOCC3)nnc2s1. The highest BCUT2D eigenvalue weighted by Crippen LogP contribution is 2.30. The summed E-state index contributed by atoms with van der Waals surface area (Å²) in [6.45, 7) is 6.37. The van der Waals surface area contributed by atoms with Crippen LogP contribution in [0.2, 0.25) is 0 Å². The summed E-state index contributed by atoms with van der Waals surface area (Å²) in [4.78, 5) is 0.859. The molecule has 19 heavy (non-hydrogen) atoms. The Labute approximate surface area is 116 Å². The highest BCUT2D eigenvalue weighted by atomic mass is 32.1. The zero-order chi connectivity index (χ0) is 13.5. The van der Waals surface area contributed by atoms with Gasteiger partial charge in [0, 0.05) is 31.1 Å². The van der Waals surface area contributed by atoms with Crippen LogP contribution in [-0.2, 0) is 10.2 Å². The fraction of sp³-hybridized carbons (Fsp3) is 0.750. The molecule has 0 bridgehead atoms. The normalized spacial score (nSPS) is 18.3. The molecule has 1 aliphatic heterocycles. The third-order valence-corrected chi connectivity index (χ3v) is 4.96. The molecule has 0 aromatic carbocycles. The molecule has 1 saturated heterocycles. The van der Waals surface area contributed by atoms with Gasteiger partial charge in [0.2, 0.25) is 4.96 Å². The number of nitrogens with zero attached hydrogens (tertiary/aromatic N) is 4. The first kappa shape index (κ1) is 13.0. The maximum absolute atomic E-state index is 5.81. The van der Waals surface area contributed by atoms with Gasteiger partial charge in [-0.1, -0.05) is 25.2 Å². The third kappa shape index (κ3) is 2.26. The maximum Gasteiger partial charge on any atom is 0.234 e. The second-order valence-corrected chi connectivity index (χ2v) is 6.59. The Morgan fingerprint density at radius 1 is 1.37 bits per heavy atom. The zero-order valence-corrected chi connectivity index (χ0v) is 12.1. The van der Waals surface area contributed by atoms with Crippen LogP contribution in [-0.4, -0.2) is 39.6 Å². The minimum absolute atomic E-state index is 0.113. The van der Waals surface area contributed by atoms with Gasteiger partial charge in [-0.05, 0) is 12.8 Å².